The van der Waals surface area contributed by atoms with Crippen LogP contribution in [0.25, 0.3) is 0 Å². The highest BCUT2D eigenvalue weighted by Gasteiger charge is 2.33. The number of nitriles is 1. The summed E-state index contributed by atoms with van der Waals surface area (Å²) in [5.74, 6) is -0.0923. The zero-order chi connectivity index (χ0) is 15.8. The first kappa shape index (κ1) is 16.4. The normalized spacial score (nSPS) is 16.7. The Labute approximate surface area is 131 Å². The van der Waals surface area contributed by atoms with Gasteiger partial charge < -0.3 is 10.0 Å². The Morgan fingerprint density at radius 2 is 2.14 bits per heavy atom. The summed E-state index contributed by atoms with van der Waals surface area (Å²) < 4.78 is 0. The molecule has 0 aliphatic heterocycles. The Kier molecular flexibility index (Phi) is 5.91. The van der Waals surface area contributed by atoms with Gasteiger partial charge in [-0.25, -0.2) is 0 Å². The molecule has 0 spiro atoms. The highest BCUT2D eigenvalue weighted by atomic mass is 16.3. The van der Waals surface area contributed by atoms with Crippen molar-refractivity contribution in [1.29, 1.82) is 5.26 Å². The maximum atomic E-state index is 12.6. The maximum absolute atomic E-state index is 12.6. The molecule has 118 valence electrons. The van der Waals surface area contributed by atoms with E-state index >= 15 is 0 Å². The van der Waals surface area contributed by atoms with Crippen molar-refractivity contribution in [2.45, 2.75) is 57.1 Å². The number of amides is 1. The largest absolute Gasteiger partial charge is 0.389 e. The van der Waals surface area contributed by atoms with E-state index in [1.54, 1.807) is 11.1 Å². The zero-order valence-electron chi connectivity index (χ0n) is 12.9. The molecule has 5 nitrogen and oxygen atoms in total. The van der Waals surface area contributed by atoms with Gasteiger partial charge in [-0.1, -0.05) is 25.3 Å². The first-order valence-electron chi connectivity index (χ1n) is 7.90. The molecular weight excluding hydrogens is 278 g/mol. The second-order valence-electron chi connectivity index (χ2n) is 6.01. The summed E-state index contributed by atoms with van der Waals surface area (Å²) in [6, 6.07) is 7.65. The van der Waals surface area contributed by atoms with Crippen molar-refractivity contribution in [2.24, 2.45) is 0 Å². The van der Waals surface area contributed by atoms with Crippen molar-refractivity contribution in [1.82, 2.24) is 9.88 Å². The van der Waals surface area contributed by atoms with Crippen LogP contribution >= 0.6 is 0 Å². The highest BCUT2D eigenvalue weighted by Crippen LogP contribution is 2.31. The summed E-state index contributed by atoms with van der Waals surface area (Å²) >= 11 is 0. The van der Waals surface area contributed by atoms with E-state index < -0.39 is 5.60 Å². The Bertz CT molecular complexity index is 518. The zero-order valence-corrected chi connectivity index (χ0v) is 12.9. The van der Waals surface area contributed by atoms with Crippen LogP contribution in [0.5, 0.6) is 0 Å². The molecule has 0 bridgehead atoms. The van der Waals surface area contributed by atoms with E-state index in [0.29, 0.717) is 25.9 Å². The maximum Gasteiger partial charge on any atom is 0.225 e. The molecule has 0 atom stereocenters. The van der Waals surface area contributed by atoms with Crippen LogP contribution in [0.3, 0.4) is 0 Å². The van der Waals surface area contributed by atoms with Crippen molar-refractivity contribution < 1.29 is 9.90 Å². The summed E-state index contributed by atoms with van der Waals surface area (Å²) in [5, 5.41) is 19.3. The van der Waals surface area contributed by atoms with Gasteiger partial charge in [-0.3, -0.25) is 9.78 Å². The van der Waals surface area contributed by atoms with Crippen molar-refractivity contribution in [3.8, 4) is 6.07 Å². The van der Waals surface area contributed by atoms with E-state index in [0.717, 1.165) is 25.0 Å². The molecule has 0 radical (unpaired) electrons. The van der Waals surface area contributed by atoms with Gasteiger partial charge >= 0.3 is 0 Å². The summed E-state index contributed by atoms with van der Waals surface area (Å²) in [7, 11) is 0. The lowest BCUT2D eigenvalue weighted by atomic mass is 9.82. The predicted octanol–water partition coefficient (Wildman–Crippen LogP) is 2.41. The van der Waals surface area contributed by atoms with Crippen LogP contribution in [0.1, 0.15) is 50.6 Å². The molecule has 0 saturated heterocycles. The fraction of sp³-hybridized carbons (Fsp3) is 0.588. The summed E-state index contributed by atoms with van der Waals surface area (Å²) in [6.07, 6.45) is 6.58. The lowest BCUT2D eigenvalue weighted by molar-refractivity contribution is -0.138. The number of aliphatic hydroxyl groups is 1. The van der Waals surface area contributed by atoms with Gasteiger partial charge in [0, 0.05) is 12.7 Å². The number of aromatic nitrogens is 1. The summed E-state index contributed by atoms with van der Waals surface area (Å²) in [5.41, 5.74) is -0.0749. The number of hydrogen-bond acceptors (Lipinski definition) is 4. The second kappa shape index (κ2) is 7.90. The van der Waals surface area contributed by atoms with Gasteiger partial charge in [-0.05, 0) is 25.0 Å². The van der Waals surface area contributed by atoms with Gasteiger partial charge in [0.1, 0.15) is 0 Å². The molecule has 0 unspecified atom stereocenters. The quantitative estimate of drug-likeness (QED) is 0.875. The first-order valence-corrected chi connectivity index (χ1v) is 7.90. The fourth-order valence-electron chi connectivity index (χ4n) is 2.94. The highest BCUT2D eigenvalue weighted by molar-refractivity contribution is 5.77. The standard InChI is InChI=1S/C17H23N3O2/c18-10-6-12-20(14-15-7-2-5-11-19-15)16(21)13-17(22)8-3-1-4-9-17/h2,5,7,11,22H,1,3-4,6,8-9,12-14H2. The number of rotatable bonds is 6. The summed E-state index contributed by atoms with van der Waals surface area (Å²) in [6.45, 7) is 0.763. The van der Waals surface area contributed by atoms with Crippen molar-refractivity contribution in [3.63, 3.8) is 0 Å². The number of carbonyl (C=O) groups excluding carboxylic acids is 1. The lowest BCUT2D eigenvalue weighted by Crippen LogP contribution is -2.40. The third-order valence-electron chi connectivity index (χ3n) is 4.19. The van der Waals surface area contributed by atoms with Crippen LogP contribution in [0.2, 0.25) is 0 Å². The van der Waals surface area contributed by atoms with Crippen LogP contribution in [0.4, 0.5) is 0 Å². The smallest absolute Gasteiger partial charge is 0.225 e. The first-order chi connectivity index (χ1) is 10.6. The lowest BCUT2D eigenvalue weighted by Gasteiger charge is -2.33. The van der Waals surface area contributed by atoms with Gasteiger partial charge in [0.05, 0.1) is 36.8 Å². The average molecular weight is 301 g/mol. The van der Waals surface area contributed by atoms with Crippen LogP contribution in [-0.2, 0) is 11.3 Å². The van der Waals surface area contributed by atoms with Crippen LogP contribution < -0.4 is 0 Å². The van der Waals surface area contributed by atoms with Crippen molar-refractivity contribution in [3.05, 3.63) is 30.1 Å². The molecule has 1 amide bonds. The topological polar surface area (TPSA) is 77.2 Å². The fourth-order valence-corrected chi connectivity index (χ4v) is 2.94. The molecule has 1 aromatic heterocycles. The molecule has 1 heterocycles. The summed E-state index contributed by atoms with van der Waals surface area (Å²) in [4.78, 5) is 18.4. The van der Waals surface area contributed by atoms with Gasteiger partial charge in [0.15, 0.2) is 0 Å². The molecule has 1 saturated carbocycles. The van der Waals surface area contributed by atoms with Gasteiger partial charge in [-0.2, -0.15) is 5.26 Å². The third-order valence-corrected chi connectivity index (χ3v) is 4.19. The predicted molar refractivity (Wildman–Crippen MR) is 82.5 cm³/mol. The third kappa shape index (κ3) is 4.81. The molecule has 5 heteroatoms. The average Bonchev–Trinajstić information content (AvgIpc) is 2.52. The molecule has 2 rings (SSSR count). The minimum Gasteiger partial charge on any atom is -0.389 e. The molecule has 1 N–H and O–H groups in total. The molecular formula is C17H23N3O2. The Morgan fingerprint density at radius 3 is 2.77 bits per heavy atom. The Balaban J connectivity index is 2.00. The van der Waals surface area contributed by atoms with Gasteiger partial charge in [0.25, 0.3) is 0 Å². The second-order valence-corrected chi connectivity index (χ2v) is 6.01. The molecule has 1 fully saturated rings. The molecule has 22 heavy (non-hydrogen) atoms. The van der Waals surface area contributed by atoms with Crippen LogP contribution in [0, 0.1) is 11.3 Å². The monoisotopic (exact) mass is 301 g/mol. The van der Waals surface area contributed by atoms with E-state index in [-0.39, 0.29) is 18.7 Å². The molecule has 1 aliphatic carbocycles. The number of pyridine rings is 1. The van der Waals surface area contributed by atoms with Crippen LogP contribution in [0.15, 0.2) is 24.4 Å². The van der Waals surface area contributed by atoms with Crippen molar-refractivity contribution >= 4 is 5.91 Å². The van der Waals surface area contributed by atoms with E-state index in [1.807, 2.05) is 18.2 Å². The van der Waals surface area contributed by atoms with Crippen molar-refractivity contribution in [2.75, 3.05) is 6.54 Å². The molecule has 1 aliphatic rings. The van der Waals surface area contributed by atoms with Gasteiger partial charge in [-0.15, -0.1) is 0 Å². The number of hydrogen-bond donors (Lipinski definition) is 1. The van der Waals surface area contributed by atoms with E-state index in [9.17, 15) is 9.90 Å². The Hall–Kier alpha value is -1.93. The minimum atomic E-state index is -0.871. The van der Waals surface area contributed by atoms with E-state index in [4.69, 9.17) is 5.26 Å². The number of nitrogens with zero attached hydrogens (tertiary/aromatic N) is 3. The van der Waals surface area contributed by atoms with Crippen LogP contribution in [-0.4, -0.2) is 33.0 Å². The minimum absolute atomic E-state index is 0.0923. The number of carbonyl (C=O) groups is 1. The van der Waals surface area contributed by atoms with E-state index in [2.05, 4.69) is 11.1 Å². The van der Waals surface area contributed by atoms with E-state index in [1.165, 1.54) is 0 Å². The molecule has 0 aromatic carbocycles. The van der Waals surface area contributed by atoms with Gasteiger partial charge in [0.2, 0.25) is 5.91 Å². The molecule has 1 aromatic rings. The Morgan fingerprint density at radius 1 is 1.36 bits per heavy atom. The SMILES string of the molecule is N#CCCN(Cc1ccccn1)C(=O)CC1(O)CCCCC1.